The number of aromatic nitrogens is 2. The van der Waals surface area contributed by atoms with Crippen LogP contribution in [-0.4, -0.2) is 29.7 Å². The number of hydrogen-bond donors (Lipinski definition) is 1. The molecule has 0 fully saturated rings. The standard InChI is InChI=1S/C14H16BrN3O2/c1-2-16-13-12(15)14(18-10-17-13)20-9-8-19-11-6-4-3-5-7-11/h3-7,10H,2,8-9H2,1H3,(H,16,17,18). The largest absolute Gasteiger partial charge is 0.490 e. The second-order valence-corrected chi connectivity index (χ2v) is 4.67. The Labute approximate surface area is 126 Å². The molecule has 106 valence electrons. The van der Waals surface area contributed by atoms with Crippen LogP contribution in [0.15, 0.2) is 41.1 Å². The lowest BCUT2D eigenvalue weighted by molar-refractivity contribution is 0.211. The Morgan fingerprint density at radius 1 is 1.10 bits per heavy atom. The van der Waals surface area contributed by atoms with E-state index in [4.69, 9.17) is 9.47 Å². The average Bonchev–Trinajstić information content (AvgIpc) is 2.48. The fourth-order valence-electron chi connectivity index (χ4n) is 1.56. The second-order valence-electron chi connectivity index (χ2n) is 3.88. The molecule has 20 heavy (non-hydrogen) atoms. The van der Waals surface area contributed by atoms with Crippen LogP contribution in [0.5, 0.6) is 11.6 Å². The summed E-state index contributed by atoms with van der Waals surface area (Å²) in [5, 5.41) is 3.12. The molecule has 0 aliphatic heterocycles. The number of halogens is 1. The number of anilines is 1. The third kappa shape index (κ3) is 4.09. The number of para-hydroxylation sites is 1. The molecular formula is C14H16BrN3O2. The van der Waals surface area contributed by atoms with E-state index in [1.165, 1.54) is 6.33 Å². The Balaban J connectivity index is 1.83. The molecule has 2 rings (SSSR count). The number of nitrogens with zero attached hydrogens (tertiary/aromatic N) is 2. The van der Waals surface area contributed by atoms with Gasteiger partial charge in [0.05, 0.1) is 0 Å². The summed E-state index contributed by atoms with van der Waals surface area (Å²) in [7, 11) is 0. The van der Waals surface area contributed by atoms with Gasteiger partial charge in [-0.3, -0.25) is 0 Å². The highest BCUT2D eigenvalue weighted by Gasteiger charge is 2.08. The molecule has 1 aromatic heterocycles. The molecule has 0 bridgehead atoms. The van der Waals surface area contributed by atoms with E-state index in [-0.39, 0.29) is 0 Å². The zero-order chi connectivity index (χ0) is 14.2. The normalized spacial score (nSPS) is 10.1. The maximum Gasteiger partial charge on any atom is 0.233 e. The molecule has 0 amide bonds. The number of nitrogens with one attached hydrogen (secondary N) is 1. The van der Waals surface area contributed by atoms with Gasteiger partial charge in [-0.2, -0.15) is 0 Å². The Kier molecular flexibility index (Phi) is 5.61. The minimum absolute atomic E-state index is 0.413. The Bertz CT molecular complexity index is 537. The summed E-state index contributed by atoms with van der Waals surface area (Å²) in [6, 6.07) is 9.62. The van der Waals surface area contributed by atoms with Crippen LogP contribution in [0, 0.1) is 0 Å². The van der Waals surface area contributed by atoms with Crippen molar-refractivity contribution in [2.24, 2.45) is 0 Å². The highest BCUT2D eigenvalue weighted by Crippen LogP contribution is 2.28. The predicted octanol–water partition coefficient (Wildman–Crippen LogP) is 3.13. The topological polar surface area (TPSA) is 56.3 Å². The van der Waals surface area contributed by atoms with Crippen LogP contribution in [0.1, 0.15) is 6.92 Å². The third-order valence-corrected chi connectivity index (χ3v) is 3.15. The van der Waals surface area contributed by atoms with Gasteiger partial charge in [0.1, 0.15) is 35.6 Å². The van der Waals surface area contributed by atoms with Crippen molar-refractivity contribution in [3.63, 3.8) is 0 Å². The predicted molar refractivity (Wildman–Crippen MR) is 81.3 cm³/mol. The van der Waals surface area contributed by atoms with Gasteiger partial charge in [-0.15, -0.1) is 0 Å². The lowest BCUT2D eigenvalue weighted by atomic mass is 10.3. The molecule has 0 saturated heterocycles. The van der Waals surface area contributed by atoms with Crippen molar-refractivity contribution in [1.29, 1.82) is 0 Å². The van der Waals surface area contributed by atoms with Gasteiger partial charge in [0.15, 0.2) is 0 Å². The smallest absolute Gasteiger partial charge is 0.233 e. The first-order chi connectivity index (χ1) is 9.81. The van der Waals surface area contributed by atoms with Crippen LogP contribution in [-0.2, 0) is 0 Å². The third-order valence-electron chi connectivity index (χ3n) is 2.44. The molecule has 0 unspecified atom stereocenters. The minimum atomic E-state index is 0.413. The van der Waals surface area contributed by atoms with E-state index in [1.54, 1.807) is 0 Å². The zero-order valence-electron chi connectivity index (χ0n) is 11.2. The van der Waals surface area contributed by atoms with E-state index in [0.29, 0.717) is 19.1 Å². The van der Waals surface area contributed by atoms with Crippen molar-refractivity contribution in [1.82, 2.24) is 9.97 Å². The number of hydrogen-bond acceptors (Lipinski definition) is 5. The van der Waals surface area contributed by atoms with Crippen LogP contribution in [0.4, 0.5) is 5.82 Å². The van der Waals surface area contributed by atoms with E-state index in [0.717, 1.165) is 22.6 Å². The van der Waals surface area contributed by atoms with E-state index in [2.05, 4.69) is 31.2 Å². The number of rotatable bonds is 7. The molecular weight excluding hydrogens is 322 g/mol. The maximum atomic E-state index is 5.58. The van der Waals surface area contributed by atoms with E-state index in [1.807, 2.05) is 37.3 Å². The van der Waals surface area contributed by atoms with Crippen LogP contribution in [0.2, 0.25) is 0 Å². The monoisotopic (exact) mass is 337 g/mol. The van der Waals surface area contributed by atoms with Gasteiger partial charge in [0.25, 0.3) is 0 Å². The fraction of sp³-hybridized carbons (Fsp3) is 0.286. The molecule has 0 saturated carbocycles. The van der Waals surface area contributed by atoms with Crippen LogP contribution in [0.3, 0.4) is 0 Å². The van der Waals surface area contributed by atoms with Crippen molar-refractivity contribution in [2.75, 3.05) is 25.1 Å². The second kappa shape index (κ2) is 7.69. The van der Waals surface area contributed by atoms with Gasteiger partial charge < -0.3 is 14.8 Å². The molecule has 0 radical (unpaired) electrons. The molecule has 0 aliphatic rings. The average molecular weight is 338 g/mol. The Morgan fingerprint density at radius 3 is 2.60 bits per heavy atom. The molecule has 5 nitrogen and oxygen atoms in total. The lowest BCUT2D eigenvalue weighted by Gasteiger charge is -2.10. The van der Waals surface area contributed by atoms with Gasteiger partial charge in [0.2, 0.25) is 5.88 Å². The fourth-order valence-corrected chi connectivity index (χ4v) is 2.02. The van der Waals surface area contributed by atoms with Crippen molar-refractivity contribution in [2.45, 2.75) is 6.92 Å². The van der Waals surface area contributed by atoms with Gasteiger partial charge in [-0.25, -0.2) is 9.97 Å². The molecule has 2 aromatic rings. The number of ether oxygens (including phenoxy) is 2. The molecule has 1 heterocycles. The van der Waals surface area contributed by atoms with Crippen molar-refractivity contribution in [3.8, 4) is 11.6 Å². The zero-order valence-corrected chi connectivity index (χ0v) is 12.8. The highest BCUT2D eigenvalue weighted by molar-refractivity contribution is 9.10. The summed E-state index contributed by atoms with van der Waals surface area (Å²) in [5.74, 6) is 2.06. The SMILES string of the molecule is CCNc1ncnc(OCCOc2ccccc2)c1Br. The first kappa shape index (κ1) is 14.6. The molecule has 1 N–H and O–H groups in total. The molecule has 1 aromatic carbocycles. The molecule has 0 aliphatic carbocycles. The first-order valence-corrected chi connectivity index (χ1v) is 7.15. The summed E-state index contributed by atoms with van der Waals surface area (Å²) in [5.41, 5.74) is 0. The quantitative estimate of drug-likeness (QED) is 0.786. The minimum Gasteiger partial charge on any atom is -0.490 e. The summed E-state index contributed by atoms with van der Waals surface area (Å²) in [6.45, 7) is 3.65. The van der Waals surface area contributed by atoms with Crippen LogP contribution in [0.25, 0.3) is 0 Å². The van der Waals surface area contributed by atoms with Crippen LogP contribution < -0.4 is 14.8 Å². The maximum absolute atomic E-state index is 5.58. The summed E-state index contributed by atoms with van der Waals surface area (Å²) < 4.78 is 11.9. The van der Waals surface area contributed by atoms with Crippen molar-refractivity contribution < 1.29 is 9.47 Å². The van der Waals surface area contributed by atoms with Crippen molar-refractivity contribution >= 4 is 21.7 Å². The van der Waals surface area contributed by atoms with Gasteiger partial charge >= 0.3 is 0 Å². The first-order valence-electron chi connectivity index (χ1n) is 6.36. The van der Waals surface area contributed by atoms with Gasteiger partial charge in [-0.1, -0.05) is 18.2 Å². The van der Waals surface area contributed by atoms with Crippen molar-refractivity contribution in [3.05, 3.63) is 41.1 Å². The molecule has 0 atom stereocenters. The van der Waals surface area contributed by atoms with E-state index in [9.17, 15) is 0 Å². The summed E-state index contributed by atoms with van der Waals surface area (Å²) in [6.07, 6.45) is 1.47. The lowest BCUT2D eigenvalue weighted by Crippen LogP contribution is -2.11. The van der Waals surface area contributed by atoms with Gasteiger partial charge in [-0.05, 0) is 35.0 Å². The Morgan fingerprint density at radius 2 is 1.85 bits per heavy atom. The Hall–Kier alpha value is -1.82. The number of benzene rings is 1. The summed E-state index contributed by atoms with van der Waals surface area (Å²) >= 11 is 3.43. The summed E-state index contributed by atoms with van der Waals surface area (Å²) in [4.78, 5) is 8.21. The highest BCUT2D eigenvalue weighted by atomic mass is 79.9. The van der Waals surface area contributed by atoms with E-state index < -0.39 is 0 Å². The van der Waals surface area contributed by atoms with Crippen LogP contribution >= 0.6 is 15.9 Å². The van der Waals surface area contributed by atoms with E-state index >= 15 is 0 Å². The molecule has 6 heteroatoms. The molecule has 0 spiro atoms. The van der Waals surface area contributed by atoms with Gasteiger partial charge in [0, 0.05) is 6.54 Å².